The molecule has 0 spiro atoms. The predicted molar refractivity (Wildman–Crippen MR) is 73.9 cm³/mol. The minimum absolute atomic E-state index is 0.255. The Hall–Kier alpha value is -1.08. The highest BCUT2D eigenvalue weighted by atomic mass is 79.9. The van der Waals surface area contributed by atoms with Gasteiger partial charge in [-0.25, -0.2) is 4.39 Å². The minimum atomic E-state index is -4.74. The smallest absolute Gasteiger partial charge is 0.406 e. The van der Waals surface area contributed by atoms with E-state index in [4.69, 9.17) is 0 Å². The van der Waals surface area contributed by atoms with Crippen molar-refractivity contribution in [2.45, 2.75) is 6.36 Å². The summed E-state index contributed by atoms with van der Waals surface area (Å²) in [6.45, 7) is 0. The highest BCUT2D eigenvalue weighted by Gasteiger charge is 2.31. The first-order valence-corrected chi connectivity index (χ1v) is 6.86. The summed E-state index contributed by atoms with van der Waals surface area (Å²) in [5, 5.41) is 0. The highest BCUT2D eigenvalue weighted by molar-refractivity contribution is 9.13. The standard InChI is InChI=1S/C13H6Br2F4O/c14-10-6-5-9(12(16)11(10)15)7-1-3-8(4-2-7)20-13(17,18)19/h1-6H. The van der Waals surface area contributed by atoms with Crippen LogP contribution in [0.5, 0.6) is 5.75 Å². The molecule has 0 saturated heterocycles. The Morgan fingerprint density at radius 3 is 2.05 bits per heavy atom. The number of halogens is 6. The third kappa shape index (κ3) is 3.52. The second kappa shape index (κ2) is 5.73. The third-order valence-electron chi connectivity index (χ3n) is 2.43. The Morgan fingerprint density at radius 2 is 1.50 bits per heavy atom. The summed E-state index contributed by atoms with van der Waals surface area (Å²) in [5.41, 5.74) is 0.726. The normalized spacial score (nSPS) is 11.5. The van der Waals surface area contributed by atoms with Crippen LogP contribution in [0.4, 0.5) is 17.6 Å². The number of alkyl halides is 3. The molecule has 0 radical (unpaired) electrons. The zero-order valence-corrected chi connectivity index (χ0v) is 12.8. The van der Waals surface area contributed by atoms with E-state index in [1.165, 1.54) is 18.2 Å². The van der Waals surface area contributed by atoms with Gasteiger partial charge in [0.15, 0.2) is 0 Å². The molecule has 0 bridgehead atoms. The first-order valence-electron chi connectivity index (χ1n) is 5.27. The molecule has 1 nitrogen and oxygen atoms in total. The van der Waals surface area contributed by atoms with E-state index in [9.17, 15) is 17.6 Å². The molecule has 0 unspecified atom stereocenters. The molecule has 20 heavy (non-hydrogen) atoms. The molecule has 106 valence electrons. The van der Waals surface area contributed by atoms with Crippen LogP contribution in [0, 0.1) is 5.82 Å². The fraction of sp³-hybridized carbons (Fsp3) is 0.0769. The first kappa shape index (κ1) is 15.3. The van der Waals surface area contributed by atoms with Crippen molar-refractivity contribution in [3.8, 4) is 16.9 Å². The summed E-state index contributed by atoms with van der Waals surface area (Å²) in [7, 11) is 0. The van der Waals surface area contributed by atoms with Crippen LogP contribution in [-0.2, 0) is 0 Å². The summed E-state index contributed by atoms with van der Waals surface area (Å²) in [4.78, 5) is 0. The van der Waals surface area contributed by atoms with Gasteiger partial charge in [0.05, 0.1) is 4.47 Å². The Morgan fingerprint density at radius 1 is 0.900 bits per heavy atom. The van der Waals surface area contributed by atoms with Crippen molar-refractivity contribution in [3.63, 3.8) is 0 Å². The summed E-state index contributed by atoms with van der Waals surface area (Å²) in [5.74, 6) is -0.846. The number of hydrogen-bond acceptors (Lipinski definition) is 1. The van der Waals surface area contributed by atoms with Gasteiger partial charge >= 0.3 is 6.36 Å². The van der Waals surface area contributed by atoms with Gasteiger partial charge in [-0.2, -0.15) is 0 Å². The maximum absolute atomic E-state index is 14.0. The van der Waals surface area contributed by atoms with Gasteiger partial charge in [0.1, 0.15) is 11.6 Å². The molecule has 0 saturated carbocycles. The van der Waals surface area contributed by atoms with Crippen molar-refractivity contribution in [1.29, 1.82) is 0 Å². The lowest BCUT2D eigenvalue weighted by atomic mass is 10.1. The van der Waals surface area contributed by atoms with Gasteiger partial charge in [-0.05, 0) is 55.6 Å². The summed E-state index contributed by atoms with van der Waals surface area (Å²) in [6.07, 6.45) is -4.74. The van der Waals surface area contributed by atoms with E-state index in [2.05, 4.69) is 36.6 Å². The Kier molecular flexibility index (Phi) is 4.39. The SMILES string of the molecule is Fc1c(-c2ccc(OC(F)(F)F)cc2)ccc(Br)c1Br. The maximum Gasteiger partial charge on any atom is 0.573 e. The van der Waals surface area contributed by atoms with Crippen molar-refractivity contribution < 1.29 is 22.3 Å². The van der Waals surface area contributed by atoms with Gasteiger partial charge in [-0.1, -0.05) is 18.2 Å². The molecular formula is C13H6Br2F4O. The molecule has 0 aromatic heterocycles. The Balaban J connectivity index is 2.33. The third-order valence-corrected chi connectivity index (χ3v) is 4.40. The lowest BCUT2D eigenvalue weighted by molar-refractivity contribution is -0.274. The number of hydrogen-bond donors (Lipinski definition) is 0. The van der Waals surface area contributed by atoms with Gasteiger partial charge in [-0.15, -0.1) is 13.2 Å². The van der Waals surface area contributed by atoms with Crippen LogP contribution in [0.1, 0.15) is 0 Å². The van der Waals surface area contributed by atoms with Crippen LogP contribution < -0.4 is 4.74 Å². The van der Waals surface area contributed by atoms with E-state index in [1.54, 1.807) is 6.07 Å². The predicted octanol–water partition coefficient (Wildman–Crippen LogP) is 5.92. The molecule has 0 aliphatic heterocycles. The minimum Gasteiger partial charge on any atom is -0.406 e. The number of benzene rings is 2. The van der Waals surface area contributed by atoms with Crippen LogP contribution in [0.15, 0.2) is 45.3 Å². The molecule has 0 heterocycles. The molecule has 2 rings (SSSR count). The highest BCUT2D eigenvalue weighted by Crippen LogP contribution is 2.34. The molecule has 0 aliphatic carbocycles. The summed E-state index contributed by atoms with van der Waals surface area (Å²) >= 11 is 6.25. The van der Waals surface area contributed by atoms with Crippen LogP contribution >= 0.6 is 31.9 Å². The van der Waals surface area contributed by atoms with Gasteiger partial charge < -0.3 is 4.74 Å². The molecule has 7 heteroatoms. The summed E-state index contributed by atoms with van der Waals surface area (Å²) < 4.78 is 54.7. The first-order chi connectivity index (χ1) is 9.28. The molecule has 2 aromatic rings. The molecule has 0 amide bonds. The van der Waals surface area contributed by atoms with Crippen molar-refractivity contribution in [2.24, 2.45) is 0 Å². The van der Waals surface area contributed by atoms with E-state index in [-0.39, 0.29) is 15.8 Å². The van der Waals surface area contributed by atoms with Gasteiger partial charge in [-0.3, -0.25) is 0 Å². The molecule has 0 aliphatic rings. The quantitative estimate of drug-likeness (QED) is 0.438. The van der Waals surface area contributed by atoms with E-state index in [0.717, 1.165) is 12.1 Å². The Labute approximate surface area is 128 Å². The van der Waals surface area contributed by atoms with Crippen molar-refractivity contribution in [1.82, 2.24) is 0 Å². The zero-order valence-electron chi connectivity index (χ0n) is 9.64. The largest absolute Gasteiger partial charge is 0.573 e. The van der Waals surface area contributed by atoms with E-state index in [0.29, 0.717) is 10.0 Å². The van der Waals surface area contributed by atoms with Crippen molar-refractivity contribution in [2.75, 3.05) is 0 Å². The zero-order chi connectivity index (χ0) is 14.9. The number of rotatable bonds is 2. The molecular weight excluding hydrogens is 408 g/mol. The van der Waals surface area contributed by atoms with Crippen molar-refractivity contribution >= 4 is 31.9 Å². The van der Waals surface area contributed by atoms with Gasteiger partial charge in [0.2, 0.25) is 0 Å². The Bertz CT molecular complexity index is 624. The number of ether oxygens (including phenoxy) is 1. The fourth-order valence-corrected chi connectivity index (χ4v) is 2.24. The monoisotopic (exact) mass is 412 g/mol. The summed E-state index contributed by atoms with van der Waals surface area (Å²) in [6, 6.07) is 8.17. The molecule has 0 atom stereocenters. The topological polar surface area (TPSA) is 9.23 Å². The maximum atomic E-state index is 14.0. The molecule has 2 aromatic carbocycles. The van der Waals surface area contributed by atoms with E-state index >= 15 is 0 Å². The lowest BCUT2D eigenvalue weighted by Gasteiger charge is -2.10. The molecule has 0 fully saturated rings. The van der Waals surface area contributed by atoms with Gasteiger partial charge in [0, 0.05) is 10.0 Å². The van der Waals surface area contributed by atoms with E-state index in [1.807, 2.05) is 0 Å². The average Bonchev–Trinajstić information content (AvgIpc) is 2.36. The van der Waals surface area contributed by atoms with Crippen LogP contribution in [-0.4, -0.2) is 6.36 Å². The van der Waals surface area contributed by atoms with Crippen molar-refractivity contribution in [3.05, 3.63) is 51.2 Å². The average molecular weight is 414 g/mol. The second-order valence-corrected chi connectivity index (χ2v) is 5.44. The second-order valence-electron chi connectivity index (χ2n) is 3.80. The van der Waals surface area contributed by atoms with Gasteiger partial charge in [0.25, 0.3) is 0 Å². The van der Waals surface area contributed by atoms with Crippen LogP contribution in [0.2, 0.25) is 0 Å². The van der Waals surface area contributed by atoms with E-state index < -0.39 is 12.2 Å². The molecule has 0 N–H and O–H groups in total. The fourth-order valence-electron chi connectivity index (χ4n) is 1.59. The lowest BCUT2D eigenvalue weighted by Crippen LogP contribution is -2.16. The van der Waals surface area contributed by atoms with Crippen LogP contribution in [0.3, 0.4) is 0 Å². The van der Waals surface area contributed by atoms with Crippen LogP contribution in [0.25, 0.3) is 11.1 Å².